The quantitative estimate of drug-likeness (QED) is 0.363. The molecule has 1 aromatic carbocycles. The molecule has 0 unspecified atom stereocenters. The molecule has 1 aromatic heterocycles. The van der Waals surface area contributed by atoms with Crippen LogP contribution in [0.2, 0.25) is 0 Å². The van der Waals surface area contributed by atoms with Crippen molar-refractivity contribution in [1.82, 2.24) is 0 Å². The molecule has 0 atom stereocenters. The van der Waals surface area contributed by atoms with Crippen molar-refractivity contribution < 1.29 is 4.42 Å². The van der Waals surface area contributed by atoms with Crippen molar-refractivity contribution in [3.63, 3.8) is 0 Å². The van der Waals surface area contributed by atoms with Crippen molar-refractivity contribution in [2.75, 3.05) is 18.0 Å². The highest BCUT2D eigenvalue weighted by molar-refractivity contribution is 5.90. The molecule has 0 saturated heterocycles. The van der Waals surface area contributed by atoms with E-state index in [1.54, 1.807) is 12.1 Å². The molecule has 0 saturated carbocycles. The van der Waals surface area contributed by atoms with E-state index in [2.05, 4.69) is 28.8 Å². The van der Waals surface area contributed by atoms with E-state index in [0.29, 0.717) is 16.7 Å². The van der Waals surface area contributed by atoms with Gasteiger partial charge in [0.2, 0.25) is 0 Å². The average Bonchev–Trinajstić information content (AvgIpc) is 2.40. The van der Waals surface area contributed by atoms with Crippen molar-refractivity contribution in [3.8, 4) is 0 Å². The van der Waals surface area contributed by atoms with Gasteiger partial charge in [0.25, 0.3) is 0 Å². The largest absolute Gasteiger partial charge is 0.423 e. The monoisotopic (exact) mass is 258 g/mol. The van der Waals surface area contributed by atoms with E-state index in [1.807, 2.05) is 6.07 Å². The van der Waals surface area contributed by atoms with Gasteiger partial charge >= 0.3 is 5.63 Å². The summed E-state index contributed by atoms with van der Waals surface area (Å²) in [7, 11) is 0. The molecule has 0 amide bonds. The lowest BCUT2D eigenvalue weighted by Crippen LogP contribution is -2.21. The fourth-order valence-corrected chi connectivity index (χ4v) is 2.05. The summed E-state index contributed by atoms with van der Waals surface area (Å²) in [4.78, 5) is 16.3. The first-order valence-electron chi connectivity index (χ1n) is 6.07. The molecule has 19 heavy (non-hydrogen) atoms. The fourth-order valence-electron chi connectivity index (χ4n) is 2.05. The van der Waals surface area contributed by atoms with Gasteiger partial charge in [0.05, 0.1) is 5.69 Å². The van der Waals surface area contributed by atoms with Crippen molar-refractivity contribution in [3.05, 3.63) is 45.1 Å². The predicted molar refractivity (Wildman–Crippen MR) is 74.9 cm³/mol. The number of hydrogen-bond acceptors (Lipinski definition) is 4. The summed E-state index contributed by atoms with van der Waals surface area (Å²) in [5.41, 5.74) is 9.68. The van der Waals surface area contributed by atoms with E-state index in [1.165, 1.54) is 6.07 Å². The third-order valence-electron chi connectivity index (χ3n) is 2.99. The lowest BCUT2D eigenvalue weighted by Gasteiger charge is -2.21. The van der Waals surface area contributed by atoms with Crippen LogP contribution >= 0.6 is 0 Å². The minimum absolute atomic E-state index is 0.292. The predicted octanol–water partition coefficient (Wildman–Crippen LogP) is 3.58. The van der Waals surface area contributed by atoms with E-state index in [-0.39, 0.29) is 0 Å². The Morgan fingerprint density at radius 2 is 2.05 bits per heavy atom. The maximum absolute atomic E-state index is 11.4. The number of anilines is 1. The molecule has 1 heterocycles. The van der Waals surface area contributed by atoms with Crippen molar-refractivity contribution >= 4 is 22.3 Å². The van der Waals surface area contributed by atoms with Gasteiger partial charge < -0.3 is 9.32 Å². The summed E-state index contributed by atoms with van der Waals surface area (Å²) < 4.78 is 5.16. The molecule has 0 radical (unpaired) electrons. The van der Waals surface area contributed by atoms with Gasteiger partial charge in [-0.1, -0.05) is 5.11 Å². The number of benzene rings is 1. The number of rotatable bonds is 4. The highest BCUT2D eigenvalue weighted by Gasteiger charge is 2.08. The lowest BCUT2D eigenvalue weighted by molar-refractivity contribution is 0.561. The highest BCUT2D eigenvalue weighted by atomic mass is 16.4. The number of fused-ring (bicyclic) bond motifs is 1. The third kappa shape index (κ3) is 2.53. The van der Waals surface area contributed by atoms with Gasteiger partial charge in [-0.05, 0) is 31.5 Å². The van der Waals surface area contributed by atoms with Gasteiger partial charge in [0, 0.05) is 41.2 Å². The fraction of sp³-hybridized carbons (Fsp3) is 0.308. The van der Waals surface area contributed by atoms with E-state index >= 15 is 0 Å². The minimum Gasteiger partial charge on any atom is -0.423 e. The number of nitrogens with zero attached hydrogens (tertiary/aromatic N) is 4. The SMILES string of the molecule is CCN(CC)c1ccc2c(N=[N+]=[N-])cc(=O)oc2c1. The Balaban J connectivity index is 2.67. The Morgan fingerprint density at radius 1 is 1.32 bits per heavy atom. The maximum atomic E-state index is 11.4. The summed E-state index contributed by atoms with van der Waals surface area (Å²) in [5, 5.41) is 4.15. The van der Waals surface area contributed by atoms with Crippen LogP contribution in [0.3, 0.4) is 0 Å². The van der Waals surface area contributed by atoms with E-state index < -0.39 is 5.63 Å². The van der Waals surface area contributed by atoms with Crippen LogP contribution < -0.4 is 10.5 Å². The second kappa shape index (κ2) is 5.46. The lowest BCUT2D eigenvalue weighted by atomic mass is 10.2. The summed E-state index contributed by atoms with van der Waals surface area (Å²) in [6.07, 6.45) is 0. The summed E-state index contributed by atoms with van der Waals surface area (Å²) in [5.74, 6) is 0. The molecule has 2 aromatic rings. The molecule has 6 nitrogen and oxygen atoms in total. The van der Waals surface area contributed by atoms with Gasteiger partial charge in [-0.15, -0.1) is 0 Å². The zero-order valence-corrected chi connectivity index (χ0v) is 10.8. The van der Waals surface area contributed by atoms with Crippen molar-refractivity contribution in [2.45, 2.75) is 13.8 Å². The maximum Gasteiger partial charge on any atom is 0.336 e. The zero-order chi connectivity index (χ0) is 13.8. The Labute approximate surface area is 109 Å². The average molecular weight is 258 g/mol. The molecule has 0 aliphatic rings. The smallest absolute Gasteiger partial charge is 0.336 e. The van der Waals surface area contributed by atoms with Crippen LogP contribution in [0.1, 0.15) is 13.8 Å². The first kappa shape index (κ1) is 13.0. The van der Waals surface area contributed by atoms with E-state index in [9.17, 15) is 4.79 Å². The van der Waals surface area contributed by atoms with Crippen molar-refractivity contribution in [1.29, 1.82) is 0 Å². The van der Waals surface area contributed by atoms with E-state index in [0.717, 1.165) is 18.8 Å². The molecule has 0 spiro atoms. The Morgan fingerprint density at radius 3 is 2.68 bits per heavy atom. The highest BCUT2D eigenvalue weighted by Crippen LogP contribution is 2.28. The molecule has 0 aliphatic heterocycles. The number of hydrogen-bond donors (Lipinski definition) is 0. The van der Waals surface area contributed by atoms with Crippen LogP contribution in [0.25, 0.3) is 21.4 Å². The molecule has 0 bridgehead atoms. The molecule has 0 fully saturated rings. The van der Waals surface area contributed by atoms with Gasteiger partial charge in [0.1, 0.15) is 5.58 Å². The summed E-state index contributed by atoms with van der Waals surface area (Å²) >= 11 is 0. The van der Waals surface area contributed by atoms with Crippen LogP contribution in [0, 0.1) is 0 Å². The Kier molecular flexibility index (Phi) is 3.73. The van der Waals surface area contributed by atoms with Crippen LogP contribution in [-0.2, 0) is 0 Å². The molecule has 6 heteroatoms. The topological polar surface area (TPSA) is 82.2 Å². The van der Waals surface area contributed by atoms with Gasteiger partial charge in [-0.3, -0.25) is 0 Å². The molecule has 0 aliphatic carbocycles. The standard InChI is InChI=1S/C13H14N4O2/c1-3-17(4-2)9-5-6-10-11(15-16-14)8-13(18)19-12(10)7-9/h5-8H,3-4H2,1-2H3. The summed E-state index contributed by atoms with van der Waals surface area (Å²) in [6.45, 7) is 5.84. The second-order valence-electron chi connectivity index (χ2n) is 3.99. The van der Waals surface area contributed by atoms with E-state index in [4.69, 9.17) is 9.95 Å². The molecular weight excluding hydrogens is 244 g/mol. The zero-order valence-electron chi connectivity index (χ0n) is 10.8. The van der Waals surface area contributed by atoms with Gasteiger partial charge in [-0.2, -0.15) is 0 Å². The number of azide groups is 1. The van der Waals surface area contributed by atoms with Gasteiger partial charge in [0.15, 0.2) is 0 Å². The molecule has 0 N–H and O–H groups in total. The Bertz CT molecular complexity index is 697. The van der Waals surface area contributed by atoms with Crippen LogP contribution in [-0.4, -0.2) is 13.1 Å². The van der Waals surface area contributed by atoms with Crippen LogP contribution in [0.5, 0.6) is 0 Å². The normalized spacial score (nSPS) is 10.2. The first-order chi connectivity index (χ1) is 9.19. The van der Waals surface area contributed by atoms with Crippen molar-refractivity contribution in [2.24, 2.45) is 5.11 Å². The second-order valence-corrected chi connectivity index (χ2v) is 3.99. The third-order valence-corrected chi connectivity index (χ3v) is 2.99. The van der Waals surface area contributed by atoms with Crippen LogP contribution in [0.4, 0.5) is 11.4 Å². The molecule has 98 valence electrons. The molecular formula is C13H14N4O2. The molecule has 2 rings (SSSR count). The minimum atomic E-state index is -0.522. The van der Waals surface area contributed by atoms with Crippen LogP contribution in [0.15, 0.2) is 38.6 Å². The first-order valence-corrected chi connectivity index (χ1v) is 6.07. The Hall–Kier alpha value is -2.46. The summed E-state index contributed by atoms with van der Waals surface area (Å²) in [6, 6.07) is 6.71. The van der Waals surface area contributed by atoms with Gasteiger partial charge in [-0.25, -0.2) is 4.79 Å².